The molecule has 2 atom stereocenters. The van der Waals surface area contributed by atoms with Crippen LogP contribution in [-0.2, 0) is 11.2 Å². The predicted octanol–water partition coefficient (Wildman–Crippen LogP) is 3.43. The minimum atomic E-state index is 0.307. The molecule has 0 spiro atoms. The van der Waals surface area contributed by atoms with Crippen LogP contribution in [0.1, 0.15) is 49.1 Å². The molecule has 1 aromatic heterocycles. The van der Waals surface area contributed by atoms with Gasteiger partial charge in [-0.2, -0.15) is 0 Å². The fourth-order valence-electron chi connectivity index (χ4n) is 3.34. The molecule has 1 fully saturated rings. The van der Waals surface area contributed by atoms with E-state index in [2.05, 4.69) is 23.3 Å². The van der Waals surface area contributed by atoms with Gasteiger partial charge in [0.1, 0.15) is 5.78 Å². The minimum Gasteiger partial charge on any atom is -0.299 e. The van der Waals surface area contributed by atoms with Crippen molar-refractivity contribution in [2.45, 2.75) is 45.1 Å². The van der Waals surface area contributed by atoms with Crippen molar-refractivity contribution >= 4 is 17.1 Å². The summed E-state index contributed by atoms with van der Waals surface area (Å²) in [6.07, 6.45) is 5.44. The van der Waals surface area contributed by atoms with Crippen LogP contribution in [0.5, 0.6) is 0 Å². The molecule has 3 heteroatoms. The molecule has 0 N–H and O–H groups in total. The second-order valence-corrected chi connectivity index (χ2v) is 6.63. The summed E-state index contributed by atoms with van der Waals surface area (Å²) in [5.41, 5.74) is 1.49. The minimum absolute atomic E-state index is 0.307. The van der Waals surface area contributed by atoms with Crippen LogP contribution in [0.2, 0.25) is 0 Å². The first-order valence-electron chi connectivity index (χ1n) is 7.08. The molecular weight excluding hydrogens is 242 g/mol. The Hall–Kier alpha value is -0.670. The summed E-state index contributed by atoms with van der Waals surface area (Å²) in [7, 11) is 0. The molecule has 2 heterocycles. The highest BCUT2D eigenvalue weighted by Crippen LogP contribution is 2.34. The monoisotopic (exact) mass is 263 g/mol. The van der Waals surface area contributed by atoms with Gasteiger partial charge in [-0.05, 0) is 43.2 Å². The number of Topliss-reactive ketones (excluding diaryl/α,β-unsaturated/α-hetero) is 1. The van der Waals surface area contributed by atoms with E-state index in [-0.39, 0.29) is 0 Å². The molecule has 0 saturated heterocycles. The maximum atomic E-state index is 11.9. The van der Waals surface area contributed by atoms with Crippen molar-refractivity contribution in [3.8, 4) is 0 Å². The van der Waals surface area contributed by atoms with Gasteiger partial charge >= 0.3 is 0 Å². The molecular formula is C15H21NOS. The molecule has 1 aliphatic carbocycles. The molecule has 0 aromatic carbocycles. The third-order valence-electron chi connectivity index (χ3n) is 4.54. The Balaban J connectivity index is 1.69. The molecule has 1 saturated carbocycles. The van der Waals surface area contributed by atoms with E-state index >= 15 is 0 Å². The maximum absolute atomic E-state index is 11.9. The van der Waals surface area contributed by atoms with Crippen LogP contribution in [0.3, 0.4) is 0 Å². The zero-order valence-corrected chi connectivity index (χ0v) is 11.8. The standard InChI is InChI=1S/C15H21NOS/c1-11-13-7-9-18-15(13)6-8-16(11)10-12-4-2-3-5-14(12)17/h7,9,11-12H,2-6,8,10H2,1H3. The highest BCUT2D eigenvalue weighted by Gasteiger charge is 2.30. The average Bonchev–Trinajstić information content (AvgIpc) is 2.84. The summed E-state index contributed by atoms with van der Waals surface area (Å²) >= 11 is 1.88. The van der Waals surface area contributed by atoms with Gasteiger partial charge < -0.3 is 0 Å². The summed E-state index contributed by atoms with van der Waals surface area (Å²) in [5, 5.41) is 2.20. The Labute approximate surface area is 113 Å². The van der Waals surface area contributed by atoms with E-state index in [4.69, 9.17) is 0 Å². The largest absolute Gasteiger partial charge is 0.299 e. The molecule has 0 bridgehead atoms. The summed E-state index contributed by atoms with van der Waals surface area (Å²) in [6, 6.07) is 2.76. The Kier molecular flexibility index (Phi) is 3.53. The van der Waals surface area contributed by atoms with E-state index in [1.807, 2.05) is 11.3 Å². The van der Waals surface area contributed by atoms with Crippen LogP contribution >= 0.6 is 11.3 Å². The summed E-state index contributed by atoms with van der Waals surface area (Å²) < 4.78 is 0. The SMILES string of the molecule is CC1c2ccsc2CCN1CC1CCCCC1=O. The van der Waals surface area contributed by atoms with E-state index in [1.165, 1.54) is 12.0 Å². The topological polar surface area (TPSA) is 20.3 Å². The highest BCUT2D eigenvalue weighted by atomic mass is 32.1. The van der Waals surface area contributed by atoms with Crippen LogP contribution in [0, 0.1) is 5.92 Å². The molecule has 2 nitrogen and oxygen atoms in total. The first-order valence-corrected chi connectivity index (χ1v) is 7.96. The first-order chi connectivity index (χ1) is 8.75. The van der Waals surface area contributed by atoms with E-state index in [0.29, 0.717) is 17.7 Å². The van der Waals surface area contributed by atoms with Crippen molar-refractivity contribution in [1.29, 1.82) is 0 Å². The van der Waals surface area contributed by atoms with Crippen LogP contribution in [0.4, 0.5) is 0 Å². The van der Waals surface area contributed by atoms with Crippen LogP contribution < -0.4 is 0 Å². The summed E-state index contributed by atoms with van der Waals surface area (Å²) in [6.45, 7) is 4.39. The van der Waals surface area contributed by atoms with Crippen molar-refractivity contribution < 1.29 is 4.79 Å². The number of nitrogens with zero attached hydrogens (tertiary/aromatic N) is 1. The fourth-order valence-corrected chi connectivity index (χ4v) is 4.30. The van der Waals surface area contributed by atoms with Gasteiger partial charge in [0.25, 0.3) is 0 Å². The molecule has 2 aliphatic rings. The van der Waals surface area contributed by atoms with Crippen molar-refractivity contribution in [1.82, 2.24) is 4.90 Å². The van der Waals surface area contributed by atoms with Gasteiger partial charge in [-0.25, -0.2) is 0 Å². The molecule has 0 amide bonds. The van der Waals surface area contributed by atoms with Gasteiger partial charge in [-0.1, -0.05) is 6.42 Å². The van der Waals surface area contributed by atoms with E-state index in [0.717, 1.165) is 38.8 Å². The highest BCUT2D eigenvalue weighted by molar-refractivity contribution is 7.10. The predicted molar refractivity (Wildman–Crippen MR) is 75.0 cm³/mol. The molecule has 98 valence electrons. The van der Waals surface area contributed by atoms with Crippen molar-refractivity contribution in [2.75, 3.05) is 13.1 Å². The number of hydrogen-bond acceptors (Lipinski definition) is 3. The Bertz CT molecular complexity index is 439. The Morgan fingerprint density at radius 3 is 3.11 bits per heavy atom. The normalized spacial score (nSPS) is 29.3. The number of carbonyl (C=O) groups is 1. The van der Waals surface area contributed by atoms with Gasteiger partial charge in [0.05, 0.1) is 0 Å². The van der Waals surface area contributed by atoms with Gasteiger partial charge in [0, 0.05) is 36.3 Å². The van der Waals surface area contributed by atoms with Crippen LogP contribution in [0.15, 0.2) is 11.4 Å². The zero-order chi connectivity index (χ0) is 12.5. The summed E-state index contributed by atoms with van der Waals surface area (Å²) in [4.78, 5) is 16.0. The van der Waals surface area contributed by atoms with Gasteiger partial charge in [-0.15, -0.1) is 11.3 Å². The lowest BCUT2D eigenvalue weighted by Gasteiger charge is -2.36. The van der Waals surface area contributed by atoms with Crippen molar-refractivity contribution in [2.24, 2.45) is 5.92 Å². The lowest BCUT2D eigenvalue weighted by atomic mass is 9.86. The molecule has 0 radical (unpaired) electrons. The lowest BCUT2D eigenvalue weighted by molar-refractivity contribution is -0.125. The zero-order valence-electron chi connectivity index (χ0n) is 11.0. The Morgan fingerprint density at radius 2 is 2.28 bits per heavy atom. The van der Waals surface area contributed by atoms with Gasteiger partial charge in [0.15, 0.2) is 0 Å². The molecule has 1 aliphatic heterocycles. The second kappa shape index (κ2) is 5.14. The molecule has 1 aromatic rings. The number of ketones is 1. The van der Waals surface area contributed by atoms with Crippen molar-refractivity contribution in [3.63, 3.8) is 0 Å². The maximum Gasteiger partial charge on any atom is 0.137 e. The number of hydrogen-bond donors (Lipinski definition) is 0. The smallest absolute Gasteiger partial charge is 0.137 e. The average molecular weight is 263 g/mol. The fraction of sp³-hybridized carbons (Fsp3) is 0.667. The first kappa shape index (κ1) is 12.4. The number of fused-ring (bicyclic) bond motifs is 1. The van der Waals surface area contributed by atoms with Crippen LogP contribution in [-0.4, -0.2) is 23.8 Å². The third kappa shape index (κ3) is 2.26. The number of rotatable bonds is 2. The Morgan fingerprint density at radius 1 is 1.39 bits per heavy atom. The second-order valence-electron chi connectivity index (χ2n) is 5.63. The van der Waals surface area contributed by atoms with Crippen LogP contribution in [0.25, 0.3) is 0 Å². The van der Waals surface area contributed by atoms with Gasteiger partial charge in [0.2, 0.25) is 0 Å². The number of carbonyl (C=O) groups excluding carboxylic acids is 1. The third-order valence-corrected chi connectivity index (χ3v) is 5.54. The number of thiophene rings is 1. The summed E-state index contributed by atoms with van der Waals surface area (Å²) in [5.74, 6) is 0.811. The van der Waals surface area contributed by atoms with Gasteiger partial charge in [-0.3, -0.25) is 9.69 Å². The quantitative estimate of drug-likeness (QED) is 0.815. The molecule has 3 rings (SSSR count). The van der Waals surface area contributed by atoms with E-state index in [9.17, 15) is 4.79 Å². The van der Waals surface area contributed by atoms with Crippen molar-refractivity contribution in [3.05, 3.63) is 21.9 Å². The van der Waals surface area contributed by atoms with E-state index < -0.39 is 0 Å². The van der Waals surface area contributed by atoms with E-state index in [1.54, 1.807) is 4.88 Å². The molecule has 2 unspecified atom stereocenters. The molecule has 18 heavy (non-hydrogen) atoms. The lowest BCUT2D eigenvalue weighted by Crippen LogP contribution is -2.39.